The number of carbonyl (C=O) groups is 2. The first kappa shape index (κ1) is 8.88. The van der Waals surface area contributed by atoms with E-state index in [1.165, 1.54) is 6.08 Å². The molecule has 0 aliphatic rings. The Morgan fingerprint density at radius 3 is 2.50 bits per heavy atom. The summed E-state index contributed by atoms with van der Waals surface area (Å²) in [6, 6.07) is 0. The largest absolute Gasteiger partial charge is 0.475 e. The number of hydrogen-bond acceptors (Lipinski definition) is 2. The molecular formula is C7H10O3. The molecule has 10 heavy (non-hydrogen) atoms. The van der Waals surface area contributed by atoms with Gasteiger partial charge in [-0.25, -0.2) is 4.79 Å². The van der Waals surface area contributed by atoms with E-state index in [2.05, 4.69) is 6.58 Å². The van der Waals surface area contributed by atoms with E-state index in [1.807, 2.05) is 0 Å². The van der Waals surface area contributed by atoms with Crippen molar-refractivity contribution in [1.82, 2.24) is 0 Å². The molecule has 0 heterocycles. The van der Waals surface area contributed by atoms with Crippen LogP contribution in [0.15, 0.2) is 12.7 Å². The smallest absolute Gasteiger partial charge is 0.372 e. The van der Waals surface area contributed by atoms with Crippen LogP contribution in [0.5, 0.6) is 0 Å². The van der Waals surface area contributed by atoms with E-state index < -0.39 is 17.7 Å². The van der Waals surface area contributed by atoms with Crippen LogP contribution in [-0.4, -0.2) is 16.9 Å². The number of hydrogen-bond donors (Lipinski definition) is 1. The molecule has 0 saturated heterocycles. The maximum atomic E-state index is 10.6. The third kappa shape index (κ3) is 2.44. The zero-order valence-corrected chi connectivity index (χ0v) is 5.83. The van der Waals surface area contributed by atoms with Crippen LogP contribution >= 0.6 is 0 Å². The van der Waals surface area contributed by atoms with Gasteiger partial charge in [0.15, 0.2) is 0 Å². The Kier molecular flexibility index (Phi) is 3.39. The number of carboxylic acids is 1. The molecule has 0 fully saturated rings. The lowest BCUT2D eigenvalue weighted by Crippen LogP contribution is -2.20. The Labute approximate surface area is 59.4 Å². The summed E-state index contributed by atoms with van der Waals surface area (Å²) in [4.78, 5) is 20.6. The zero-order valence-electron chi connectivity index (χ0n) is 5.83. The van der Waals surface area contributed by atoms with E-state index in [1.54, 1.807) is 6.92 Å². The van der Waals surface area contributed by atoms with Gasteiger partial charge < -0.3 is 5.11 Å². The van der Waals surface area contributed by atoms with E-state index in [9.17, 15) is 9.59 Å². The summed E-state index contributed by atoms with van der Waals surface area (Å²) in [5.41, 5.74) is 0. The normalized spacial score (nSPS) is 12.1. The molecule has 0 bridgehead atoms. The molecule has 0 aromatic heterocycles. The van der Waals surface area contributed by atoms with Crippen molar-refractivity contribution < 1.29 is 14.7 Å². The minimum atomic E-state index is -1.37. The highest BCUT2D eigenvalue weighted by Gasteiger charge is 2.18. The van der Waals surface area contributed by atoms with Crippen LogP contribution in [0, 0.1) is 5.92 Å². The quantitative estimate of drug-likeness (QED) is 0.467. The molecule has 0 saturated carbocycles. The third-order valence-electron chi connectivity index (χ3n) is 1.18. The minimum Gasteiger partial charge on any atom is -0.475 e. The molecule has 0 amide bonds. The lowest BCUT2D eigenvalue weighted by molar-refractivity contribution is -0.150. The van der Waals surface area contributed by atoms with E-state index in [4.69, 9.17) is 5.11 Å². The molecule has 1 unspecified atom stereocenters. The van der Waals surface area contributed by atoms with Gasteiger partial charge in [0.1, 0.15) is 0 Å². The number of aliphatic carboxylic acids is 1. The fourth-order valence-electron chi connectivity index (χ4n) is 0.568. The first-order valence-electron chi connectivity index (χ1n) is 2.97. The molecule has 0 spiro atoms. The van der Waals surface area contributed by atoms with Crippen LogP contribution < -0.4 is 0 Å². The van der Waals surface area contributed by atoms with Gasteiger partial charge in [-0.3, -0.25) is 4.79 Å². The maximum Gasteiger partial charge on any atom is 0.372 e. The number of carbonyl (C=O) groups excluding carboxylic acids is 1. The molecule has 0 aliphatic heterocycles. The molecule has 0 aromatic carbocycles. The fourth-order valence-corrected chi connectivity index (χ4v) is 0.568. The van der Waals surface area contributed by atoms with E-state index in [0.29, 0.717) is 6.42 Å². The van der Waals surface area contributed by atoms with Crippen LogP contribution in [0.25, 0.3) is 0 Å². The number of rotatable bonds is 4. The van der Waals surface area contributed by atoms with Crippen molar-refractivity contribution in [3.63, 3.8) is 0 Å². The second-order valence-electron chi connectivity index (χ2n) is 2.09. The summed E-state index contributed by atoms with van der Waals surface area (Å²) in [6.07, 6.45) is 1.96. The van der Waals surface area contributed by atoms with Crippen molar-refractivity contribution in [2.45, 2.75) is 13.3 Å². The van der Waals surface area contributed by atoms with Crippen molar-refractivity contribution in [3.05, 3.63) is 12.7 Å². The molecule has 0 radical (unpaired) electrons. The summed E-state index contributed by atoms with van der Waals surface area (Å²) in [6.45, 7) is 4.96. The molecular weight excluding hydrogens is 132 g/mol. The monoisotopic (exact) mass is 142 g/mol. The molecule has 1 N–H and O–H groups in total. The summed E-state index contributed by atoms with van der Waals surface area (Å²) in [7, 11) is 0. The molecule has 3 heteroatoms. The van der Waals surface area contributed by atoms with Gasteiger partial charge in [-0.1, -0.05) is 13.0 Å². The second-order valence-corrected chi connectivity index (χ2v) is 2.09. The Morgan fingerprint density at radius 1 is 1.70 bits per heavy atom. The highest BCUT2D eigenvalue weighted by atomic mass is 16.4. The lowest BCUT2D eigenvalue weighted by atomic mass is 10.0. The van der Waals surface area contributed by atoms with Gasteiger partial charge in [0, 0.05) is 5.92 Å². The molecule has 3 nitrogen and oxygen atoms in total. The summed E-state index contributed by atoms with van der Waals surface area (Å²) in [5.74, 6) is -2.57. The van der Waals surface area contributed by atoms with Gasteiger partial charge in [0.2, 0.25) is 5.78 Å². The Balaban J connectivity index is 3.94. The van der Waals surface area contributed by atoms with Gasteiger partial charge in [-0.15, -0.1) is 6.58 Å². The standard InChI is InChI=1S/C7H10O3/c1-3-4-5(2)6(8)7(9)10/h3,5H,1,4H2,2H3,(H,9,10). The summed E-state index contributed by atoms with van der Waals surface area (Å²) in [5, 5.41) is 8.20. The van der Waals surface area contributed by atoms with Gasteiger partial charge >= 0.3 is 5.97 Å². The predicted octanol–water partition coefficient (Wildman–Crippen LogP) is 0.852. The maximum absolute atomic E-state index is 10.6. The van der Waals surface area contributed by atoms with Crippen molar-refractivity contribution in [1.29, 1.82) is 0 Å². The topological polar surface area (TPSA) is 54.4 Å². The molecule has 1 atom stereocenters. The Morgan fingerprint density at radius 2 is 2.20 bits per heavy atom. The van der Waals surface area contributed by atoms with Gasteiger partial charge in [0.25, 0.3) is 0 Å². The zero-order chi connectivity index (χ0) is 8.15. The van der Waals surface area contributed by atoms with E-state index >= 15 is 0 Å². The van der Waals surface area contributed by atoms with Crippen molar-refractivity contribution in [3.8, 4) is 0 Å². The fraction of sp³-hybridized carbons (Fsp3) is 0.429. The van der Waals surface area contributed by atoms with Crippen LogP contribution in [0.4, 0.5) is 0 Å². The van der Waals surface area contributed by atoms with Crippen molar-refractivity contribution in [2.75, 3.05) is 0 Å². The summed E-state index contributed by atoms with van der Waals surface area (Å²) < 4.78 is 0. The van der Waals surface area contributed by atoms with Crippen LogP contribution in [0.3, 0.4) is 0 Å². The van der Waals surface area contributed by atoms with Crippen LogP contribution in [0.1, 0.15) is 13.3 Å². The van der Waals surface area contributed by atoms with Gasteiger partial charge in [0.05, 0.1) is 0 Å². The average Bonchev–Trinajstić information content (AvgIpc) is 1.87. The Bertz CT molecular complexity index is 160. The highest BCUT2D eigenvalue weighted by Crippen LogP contribution is 2.02. The SMILES string of the molecule is C=CCC(C)C(=O)C(=O)O. The molecule has 56 valence electrons. The first-order valence-corrected chi connectivity index (χ1v) is 2.97. The second kappa shape index (κ2) is 3.82. The average molecular weight is 142 g/mol. The van der Waals surface area contributed by atoms with Gasteiger partial charge in [-0.05, 0) is 6.42 Å². The van der Waals surface area contributed by atoms with Crippen LogP contribution in [-0.2, 0) is 9.59 Å². The summed E-state index contributed by atoms with van der Waals surface area (Å²) >= 11 is 0. The third-order valence-corrected chi connectivity index (χ3v) is 1.18. The number of Topliss-reactive ketones (excluding diaryl/α,β-unsaturated/α-hetero) is 1. The number of ketones is 1. The molecule has 0 rings (SSSR count). The highest BCUT2D eigenvalue weighted by molar-refractivity contribution is 6.33. The lowest BCUT2D eigenvalue weighted by Gasteiger charge is -2.00. The van der Waals surface area contributed by atoms with Crippen LogP contribution in [0.2, 0.25) is 0 Å². The van der Waals surface area contributed by atoms with E-state index in [0.717, 1.165) is 0 Å². The van der Waals surface area contributed by atoms with Crippen molar-refractivity contribution in [2.24, 2.45) is 5.92 Å². The molecule has 0 aliphatic carbocycles. The Hall–Kier alpha value is -1.12. The predicted molar refractivity (Wildman–Crippen MR) is 36.6 cm³/mol. The van der Waals surface area contributed by atoms with Gasteiger partial charge in [-0.2, -0.15) is 0 Å². The number of carboxylic acid groups (broad SMARTS) is 1. The first-order chi connectivity index (χ1) is 4.59. The van der Waals surface area contributed by atoms with Crippen molar-refractivity contribution >= 4 is 11.8 Å². The number of allylic oxidation sites excluding steroid dienone is 1. The molecule has 0 aromatic rings. The minimum absolute atomic E-state index is 0.422. The van der Waals surface area contributed by atoms with E-state index in [-0.39, 0.29) is 0 Å².